The van der Waals surface area contributed by atoms with Crippen LogP contribution in [-0.4, -0.2) is 42.8 Å². The average Bonchev–Trinajstić information content (AvgIpc) is 3.03. The molecule has 1 N–H and O–H groups in total. The van der Waals surface area contributed by atoms with Crippen LogP contribution in [0.1, 0.15) is 39.2 Å². The predicted molar refractivity (Wildman–Crippen MR) is 98.5 cm³/mol. The highest BCUT2D eigenvalue weighted by Crippen LogP contribution is 2.29. The molecule has 1 saturated heterocycles. The fourth-order valence-corrected chi connectivity index (χ4v) is 5.60. The Hall–Kier alpha value is -1.05. The number of amides is 1. The minimum Gasteiger partial charge on any atom is -0.354 e. The van der Waals surface area contributed by atoms with E-state index in [2.05, 4.69) is 19.2 Å². The monoisotopic (exact) mass is 370 g/mol. The second-order valence-corrected chi connectivity index (χ2v) is 9.66. The smallest absolute Gasteiger partial charge is 0.244 e. The summed E-state index contributed by atoms with van der Waals surface area (Å²) in [6.45, 7) is 8.70. The Bertz CT molecular complexity index is 670. The maximum atomic E-state index is 12.9. The normalized spacial score (nSPS) is 19.2. The summed E-state index contributed by atoms with van der Waals surface area (Å²) in [6, 6.07) is 6.32. The molecule has 1 aromatic carbocycles. The lowest BCUT2D eigenvalue weighted by molar-refractivity contribution is -0.123. The highest BCUT2D eigenvalue weighted by Gasteiger charge is 2.39. The Balaban J connectivity index is 2.19. The van der Waals surface area contributed by atoms with Gasteiger partial charge in [-0.2, -0.15) is 4.31 Å². The minimum atomic E-state index is -3.66. The SMILES string of the molecule is CC(C)CNC(=O)C1CSCN1S(=O)(=O)c1ccc(C(C)C)cc1. The van der Waals surface area contributed by atoms with Crippen molar-refractivity contribution in [2.45, 2.75) is 44.6 Å². The first-order chi connectivity index (χ1) is 11.2. The van der Waals surface area contributed by atoms with Gasteiger partial charge in [0.2, 0.25) is 15.9 Å². The van der Waals surface area contributed by atoms with Gasteiger partial charge in [0.25, 0.3) is 0 Å². The molecule has 0 aliphatic carbocycles. The molecule has 1 unspecified atom stereocenters. The first kappa shape index (κ1) is 19.3. The number of sulfonamides is 1. The third-order valence-electron chi connectivity index (χ3n) is 3.98. The number of nitrogens with zero attached hydrogens (tertiary/aromatic N) is 1. The molecule has 0 bridgehead atoms. The Morgan fingerprint density at radius 3 is 2.42 bits per heavy atom. The average molecular weight is 371 g/mol. The zero-order chi connectivity index (χ0) is 17.9. The Morgan fingerprint density at radius 2 is 1.88 bits per heavy atom. The first-order valence-corrected chi connectivity index (χ1v) is 10.8. The Morgan fingerprint density at radius 1 is 1.25 bits per heavy atom. The van der Waals surface area contributed by atoms with Crippen LogP contribution in [0.2, 0.25) is 0 Å². The minimum absolute atomic E-state index is 0.212. The summed E-state index contributed by atoms with van der Waals surface area (Å²) in [4.78, 5) is 12.6. The molecule has 0 aromatic heterocycles. The molecule has 0 radical (unpaired) electrons. The van der Waals surface area contributed by atoms with Crippen LogP contribution >= 0.6 is 11.8 Å². The number of carbonyl (C=O) groups excluding carboxylic acids is 1. The third kappa shape index (κ3) is 4.32. The van der Waals surface area contributed by atoms with Crippen molar-refractivity contribution in [2.24, 2.45) is 5.92 Å². The van der Waals surface area contributed by atoms with E-state index in [1.54, 1.807) is 12.1 Å². The molecule has 0 spiro atoms. The maximum Gasteiger partial charge on any atom is 0.244 e. The molecule has 134 valence electrons. The number of benzene rings is 1. The van der Waals surface area contributed by atoms with Gasteiger partial charge in [-0.1, -0.05) is 39.8 Å². The maximum absolute atomic E-state index is 12.9. The third-order valence-corrected chi connectivity index (χ3v) is 7.03. The van der Waals surface area contributed by atoms with E-state index in [1.165, 1.54) is 16.1 Å². The lowest BCUT2D eigenvalue weighted by atomic mass is 10.0. The van der Waals surface area contributed by atoms with E-state index in [9.17, 15) is 13.2 Å². The summed E-state index contributed by atoms with van der Waals surface area (Å²) in [6.07, 6.45) is 0. The lowest BCUT2D eigenvalue weighted by Crippen LogP contribution is -2.47. The van der Waals surface area contributed by atoms with Gasteiger partial charge in [-0.25, -0.2) is 8.42 Å². The topological polar surface area (TPSA) is 66.5 Å². The molecule has 1 amide bonds. The van der Waals surface area contributed by atoms with Gasteiger partial charge in [0, 0.05) is 12.3 Å². The van der Waals surface area contributed by atoms with Crippen molar-refractivity contribution in [3.05, 3.63) is 29.8 Å². The van der Waals surface area contributed by atoms with Crippen molar-refractivity contribution < 1.29 is 13.2 Å². The van der Waals surface area contributed by atoms with Crippen LogP contribution in [0.25, 0.3) is 0 Å². The van der Waals surface area contributed by atoms with Crippen LogP contribution in [0.4, 0.5) is 0 Å². The van der Waals surface area contributed by atoms with E-state index in [-0.39, 0.29) is 10.8 Å². The highest BCUT2D eigenvalue weighted by atomic mass is 32.2. The zero-order valence-corrected chi connectivity index (χ0v) is 16.3. The molecule has 7 heteroatoms. The summed E-state index contributed by atoms with van der Waals surface area (Å²) in [5.74, 6) is 1.27. The van der Waals surface area contributed by atoms with E-state index in [1.807, 2.05) is 26.0 Å². The molecular weight excluding hydrogens is 344 g/mol. The van der Waals surface area contributed by atoms with E-state index < -0.39 is 16.1 Å². The van der Waals surface area contributed by atoms with E-state index in [0.29, 0.717) is 30.0 Å². The lowest BCUT2D eigenvalue weighted by Gasteiger charge is -2.23. The molecule has 1 atom stereocenters. The molecular formula is C17H26N2O3S2. The number of nitrogens with one attached hydrogen (secondary N) is 1. The van der Waals surface area contributed by atoms with E-state index in [4.69, 9.17) is 0 Å². The fraction of sp³-hybridized carbons (Fsp3) is 0.588. The molecule has 1 fully saturated rings. The highest BCUT2D eigenvalue weighted by molar-refractivity contribution is 8.00. The number of rotatable bonds is 6. The molecule has 1 aliphatic heterocycles. The van der Waals surface area contributed by atoms with Crippen molar-refractivity contribution in [3.8, 4) is 0 Å². The van der Waals surface area contributed by atoms with Gasteiger partial charge >= 0.3 is 0 Å². The number of hydrogen-bond donors (Lipinski definition) is 1. The second-order valence-electron chi connectivity index (χ2n) is 6.77. The summed E-state index contributed by atoms with van der Waals surface area (Å²) >= 11 is 1.47. The molecule has 1 heterocycles. The van der Waals surface area contributed by atoms with Crippen LogP contribution in [0.3, 0.4) is 0 Å². The molecule has 5 nitrogen and oxygen atoms in total. The number of hydrogen-bond acceptors (Lipinski definition) is 4. The van der Waals surface area contributed by atoms with E-state index >= 15 is 0 Å². The van der Waals surface area contributed by atoms with Crippen LogP contribution in [0.5, 0.6) is 0 Å². The molecule has 1 aliphatic rings. The van der Waals surface area contributed by atoms with Gasteiger partial charge in [0.1, 0.15) is 6.04 Å². The second kappa shape index (κ2) is 7.89. The quantitative estimate of drug-likeness (QED) is 0.836. The van der Waals surface area contributed by atoms with Gasteiger partial charge in [-0.05, 0) is 29.5 Å². The predicted octanol–water partition coefficient (Wildman–Crippen LogP) is 2.65. The Kier molecular flexibility index (Phi) is 6.33. The van der Waals surface area contributed by atoms with Crippen molar-refractivity contribution in [3.63, 3.8) is 0 Å². The van der Waals surface area contributed by atoms with Gasteiger partial charge in [-0.15, -0.1) is 11.8 Å². The van der Waals surface area contributed by atoms with Crippen molar-refractivity contribution >= 4 is 27.7 Å². The van der Waals surface area contributed by atoms with Crippen LogP contribution in [0, 0.1) is 5.92 Å². The Labute approximate surface area is 149 Å². The van der Waals surface area contributed by atoms with Gasteiger partial charge in [0.05, 0.1) is 10.8 Å². The van der Waals surface area contributed by atoms with E-state index in [0.717, 1.165) is 5.56 Å². The molecule has 24 heavy (non-hydrogen) atoms. The summed E-state index contributed by atoms with van der Waals surface area (Å²) in [7, 11) is -3.66. The standard InChI is InChI=1S/C17H26N2O3S2/c1-12(2)9-18-17(20)16-10-23-11-19(16)24(21,22)15-7-5-14(6-8-15)13(3)4/h5-8,12-13,16H,9-11H2,1-4H3,(H,18,20). The molecule has 2 rings (SSSR count). The molecule has 0 saturated carbocycles. The zero-order valence-electron chi connectivity index (χ0n) is 14.7. The largest absolute Gasteiger partial charge is 0.354 e. The fourth-order valence-electron chi connectivity index (χ4n) is 2.45. The number of thioether (sulfide) groups is 1. The first-order valence-electron chi connectivity index (χ1n) is 8.20. The number of carbonyl (C=O) groups is 1. The van der Waals surface area contributed by atoms with Gasteiger partial charge in [0.15, 0.2) is 0 Å². The van der Waals surface area contributed by atoms with Crippen molar-refractivity contribution in [1.29, 1.82) is 0 Å². The van der Waals surface area contributed by atoms with Gasteiger partial charge in [-0.3, -0.25) is 4.79 Å². The van der Waals surface area contributed by atoms with Crippen LogP contribution in [-0.2, 0) is 14.8 Å². The summed E-state index contributed by atoms with van der Waals surface area (Å²) in [5.41, 5.74) is 1.09. The van der Waals surface area contributed by atoms with Crippen molar-refractivity contribution in [2.75, 3.05) is 18.2 Å². The summed E-state index contributed by atoms with van der Waals surface area (Å²) < 4.78 is 27.1. The molecule has 1 aromatic rings. The van der Waals surface area contributed by atoms with Crippen LogP contribution < -0.4 is 5.32 Å². The van der Waals surface area contributed by atoms with Crippen LogP contribution in [0.15, 0.2) is 29.2 Å². The van der Waals surface area contributed by atoms with Gasteiger partial charge < -0.3 is 5.32 Å². The van der Waals surface area contributed by atoms with Crippen molar-refractivity contribution in [1.82, 2.24) is 9.62 Å². The summed E-state index contributed by atoms with van der Waals surface area (Å²) in [5, 5.41) is 2.84.